The average Bonchev–Trinajstić information content (AvgIpc) is 3.27. The van der Waals surface area contributed by atoms with Gasteiger partial charge in [0.2, 0.25) is 0 Å². The van der Waals surface area contributed by atoms with Crippen LogP contribution in [0.3, 0.4) is 0 Å². The van der Waals surface area contributed by atoms with Crippen LogP contribution < -0.4 is 15.0 Å². The van der Waals surface area contributed by atoms with Gasteiger partial charge in [-0.1, -0.05) is 48.5 Å². The van der Waals surface area contributed by atoms with Crippen molar-refractivity contribution in [3.8, 4) is 5.75 Å². The lowest BCUT2D eigenvalue weighted by atomic mass is 9.98. The molecule has 1 aliphatic rings. The van der Waals surface area contributed by atoms with Gasteiger partial charge in [0, 0.05) is 12.0 Å². The van der Waals surface area contributed by atoms with Crippen molar-refractivity contribution < 1.29 is 14.4 Å². The summed E-state index contributed by atoms with van der Waals surface area (Å²) in [5.74, 6) is 0.632. The predicted molar refractivity (Wildman–Crippen MR) is 112 cm³/mol. The van der Waals surface area contributed by atoms with E-state index >= 15 is 0 Å². The van der Waals surface area contributed by atoms with E-state index in [0.29, 0.717) is 12.3 Å². The molecule has 1 aromatic heterocycles. The smallest absolute Gasteiger partial charge is 0.258 e. The molecule has 1 unspecified atom stereocenters. The van der Waals surface area contributed by atoms with Crippen LogP contribution in [0.4, 0.5) is 0 Å². The molecule has 2 N–H and O–H groups in total. The Balaban J connectivity index is 1.38. The molecule has 2 heterocycles. The molecule has 3 aromatic rings. The number of carbonyl (C=O) groups excluding carboxylic acids is 1. The number of nitrogens with one attached hydrogen (secondary N) is 2. The van der Waals surface area contributed by atoms with Crippen LogP contribution in [-0.4, -0.2) is 25.6 Å². The van der Waals surface area contributed by atoms with Crippen LogP contribution in [0.1, 0.15) is 22.0 Å². The number of thiophene rings is 1. The molecule has 28 heavy (non-hydrogen) atoms. The summed E-state index contributed by atoms with van der Waals surface area (Å²) in [5, 5.41) is 5.20. The number of para-hydroxylation sites is 1. The average molecular weight is 394 g/mol. The zero-order chi connectivity index (χ0) is 19.2. The molecule has 0 saturated carbocycles. The van der Waals surface area contributed by atoms with Crippen molar-refractivity contribution in [2.45, 2.75) is 19.0 Å². The molecule has 5 heteroatoms. The van der Waals surface area contributed by atoms with Crippen LogP contribution >= 0.6 is 11.3 Å². The zero-order valence-electron chi connectivity index (χ0n) is 15.8. The predicted octanol–water partition coefficient (Wildman–Crippen LogP) is 2.63. The van der Waals surface area contributed by atoms with Crippen molar-refractivity contribution in [1.29, 1.82) is 0 Å². The molecule has 0 saturated heterocycles. The van der Waals surface area contributed by atoms with E-state index in [9.17, 15) is 4.79 Å². The fourth-order valence-electron chi connectivity index (χ4n) is 3.77. The number of amides is 1. The Labute approximate surface area is 169 Å². The molecule has 0 fully saturated rings. The van der Waals surface area contributed by atoms with E-state index < -0.39 is 0 Å². The highest BCUT2D eigenvalue weighted by molar-refractivity contribution is 7.10. The van der Waals surface area contributed by atoms with Crippen LogP contribution in [0, 0.1) is 0 Å². The normalized spacial score (nSPS) is 16.8. The molecule has 0 bridgehead atoms. The molecule has 2 atom stereocenters. The maximum Gasteiger partial charge on any atom is 0.258 e. The monoisotopic (exact) mass is 393 g/mol. The van der Waals surface area contributed by atoms with Crippen molar-refractivity contribution in [3.05, 3.63) is 88.1 Å². The highest BCUT2D eigenvalue weighted by Crippen LogP contribution is 2.19. The maximum atomic E-state index is 12.3. The summed E-state index contributed by atoms with van der Waals surface area (Å²) < 4.78 is 5.57. The van der Waals surface area contributed by atoms with E-state index in [2.05, 4.69) is 47.1 Å². The first kappa shape index (κ1) is 18.7. The molecular formula is C23H25N2O2S+. The lowest BCUT2D eigenvalue weighted by Gasteiger charge is -2.32. The van der Waals surface area contributed by atoms with Gasteiger partial charge in [-0.05, 0) is 29.1 Å². The number of rotatable bonds is 7. The van der Waals surface area contributed by atoms with Gasteiger partial charge in [-0.25, -0.2) is 0 Å². The molecule has 0 aliphatic carbocycles. The van der Waals surface area contributed by atoms with Gasteiger partial charge in [-0.15, -0.1) is 11.3 Å². The third-order valence-electron chi connectivity index (χ3n) is 5.25. The lowest BCUT2D eigenvalue weighted by molar-refractivity contribution is -0.945. The van der Waals surface area contributed by atoms with Gasteiger partial charge in [0.25, 0.3) is 5.91 Å². The van der Waals surface area contributed by atoms with Gasteiger partial charge in [0.15, 0.2) is 6.61 Å². The number of carbonyl (C=O) groups is 1. The highest BCUT2D eigenvalue weighted by atomic mass is 32.1. The summed E-state index contributed by atoms with van der Waals surface area (Å²) in [4.78, 5) is 15.2. The largest absolute Gasteiger partial charge is 0.484 e. The van der Waals surface area contributed by atoms with E-state index in [0.717, 1.165) is 19.5 Å². The summed E-state index contributed by atoms with van der Waals surface area (Å²) in [6, 6.07) is 22.7. The number of hydrogen-bond acceptors (Lipinski definition) is 3. The summed E-state index contributed by atoms with van der Waals surface area (Å²) in [6.07, 6.45) is 1.08. The Morgan fingerprint density at radius 2 is 1.82 bits per heavy atom. The van der Waals surface area contributed by atoms with E-state index in [1.54, 1.807) is 11.3 Å². The second-order valence-corrected chi connectivity index (χ2v) is 8.06. The Kier molecular flexibility index (Phi) is 6.04. The quantitative estimate of drug-likeness (QED) is 0.648. The van der Waals surface area contributed by atoms with Crippen molar-refractivity contribution >= 4 is 17.2 Å². The fourth-order valence-corrected chi connectivity index (χ4v) is 4.65. The molecule has 0 spiro atoms. The summed E-state index contributed by atoms with van der Waals surface area (Å²) in [7, 11) is 0. The van der Waals surface area contributed by atoms with Crippen LogP contribution in [0.2, 0.25) is 0 Å². The minimum absolute atomic E-state index is 0.0410. The number of quaternary nitrogens is 1. The lowest BCUT2D eigenvalue weighted by Crippen LogP contribution is -3.12. The van der Waals surface area contributed by atoms with Crippen LogP contribution in [-0.2, 0) is 17.8 Å². The van der Waals surface area contributed by atoms with Crippen LogP contribution in [0.25, 0.3) is 0 Å². The molecular weight excluding hydrogens is 368 g/mol. The topological polar surface area (TPSA) is 42.8 Å². The standard InChI is InChI=1S/C23H24N2O2S/c26-23(17-27-20-9-2-1-3-10-20)24-15-21(22-11-6-14-28-22)25-13-12-18-7-4-5-8-19(18)16-25/h1-11,14,21H,12-13,15-17H2,(H,24,26)/p+1/t21-/m1/s1. The molecule has 4 nitrogen and oxygen atoms in total. The van der Waals surface area contributed by atoms with E-state index in [-0.39, 0.29) is 18.6 Å². The van der Waals surface area contributed by atoms with Crippen molar-refractivity contribution in [2.75, 3.05) is 19.7 Å². The molecule has 4 rings (SSSR count). The highest BCUT2D eigenvalue weighted by Gasteiger charge is 2.29. The zero-order valence-corrected chi connectivity index (χ0v) is 16.6. The van der Waals surface area contributed by atoms with Crippen molar-refractivity contribution in [3.63, 3.8) is 0 Å². The SMILES string of the molecule is O=C(COc1ccccc1)NC[C@H](c1cccs1)[NH+]1CCc2ccccc2C1. The maximum absolute atomic E-state index is 12.3. The first-order valence-electron chi connectivity index (χ1n) is 9.69. The number of fused-ring (bicyclic) bond motifs is 1. The molecule has 0 radical (unpaired) electrons. The Hall–Kier alpha value is -2.63. The van der Waals surface area contributed by atoms with Gasteiger partial charge in [-0.3, -0.25) is 4.79 Å². The third-order valence-corrected chi connectivity index (χ3v) is 6.23. The van der Waals surface area contributed by atoms with Crippen LogP contribution in [0.15, 0.2) is 72.1 Å². The summed E-state index contributed by atoms with van der Waals surface area (Å²) in [6.45, 7) is 2.74. The first-order valence-corrected chi connectivity index (χ1v) is 10.6. The Bertz CT molecular complexity index is 896. The summed E-state index contributed by atoms with van der Waals surface area (Å²) >= 11 is 1.76. The van der Waals surface area contributed by atoms with Gasteiger partial charge in [-0.2, -0.15) is 0 Å². The van der Waals surface area contributed by atoms with Crippen molar-refractivity contribution in [2.24, 2.45) is 0 Å². The molecule has 2 aromatic carbocycles. The van der Waals surface area contributed by atoms with Gasteiger partial charge < -0.3 is 15.0 Å². The van der Waals surface area contributed by atoms with E-state index in [1.165, 1.54) is 20.9 Å². The van der Waals surface area contributed by atoms with Gasteiger partial charge >= 0.3 is 0 Å². The van der Waals surface area contributed by atoms with E-state index in [4.69, 9.17) is 4.74 Å². The molecule has 1 aliphatic heterocycles. The third kappa shape index (κ3) is 4.61. The van der Waals surface area contributed by atoms with Gasteiger partial charge in [0.05, 0.1) is 18.0 Å². The number of ether oxygens (including phenoxy) is 1. The number of hydrogen-bond donors (Lipinski definition) is 2. The van der Waals surface area contributed by atoms with Crippen molar-refractivity contribution in [1.82, 2.24) is 5.32 Å². The molecule has 1 amide bonds. The molecule has 144 valence electrons. The Morgan fingerprint density at radius 1 is 1.04 bits per heavy atom. The minimum atomic E-state index is -0.0813. The first-order chi connectivity index (χ1) is 13.8. The summed E-state index contributed by atoms with van der Waals surface area (Å²) in [5.41, 5.74) is 2.88. The van der Waals surface area contributed by atoms with Crippen LogP contribution in [0.5, 0.6) is 5.75 Å². The number of benzene rings is 2. The van der Waals surface area contributed by atoms with Gasteiger partial charge in [0.1, 0.15) is 18.3 Å². The second-order valence-electron chi connectivity index (χ2n) is 7.08. The minimum Gasteiger partial charge on any atom is -0.484 e. The van der Waals surface area contributed by atoms with E-state index in [1.807, 2.05) is 30.3 Å². The second kappa shape index (κ2) is 9.04. The Morgan fingerprint density at radius 3 is 2.61 bits per heavy atom. The fraction of sp³-hybridized carbons (Fsp3) is 0.261.